The number of nitrogens with one attached hydrogen (secondary N) is 4. The number of rotatable bonds is 3. The van der Waals surface area contributed by atoms with Gasteiger partial charge >= 0.3 is 23.3 Å². The molecule has 0 radical (unpaired) electrons. The molecule has 0 aliphatic carbocycles. The van der Waals surface area contributed by atoms with E-state index in [-0.39, 0.29) is 6.61 Å². The first kappa shape index (κ1) is 25.9. The number of halogens is 3. The Kier molecular flexibility index (Phi) is 11.0. The third-order valence-electron chi connectivity index (χ3n) is 2.46. The van der Waals surface area contributed by atoms with E-state index in [1.54, 1.807) is 9.97 Å². The van der Waals surface area contributed by atoms with Gasteiger partial charge in [-0.2, -0.15) is 8.78 Å². The number of carbonyl (C=O) groups excluding carboxylic acids is 1. The number of H-pyrrole nitrogens is 4. The molecular formula is C14H15F2IN4O8. The quantitative estimate of drug-likeness (QED) is 0.202. The van der Waals surface area contributed by atoms with Crippen LogP contribution in [0.1, 0.15) is 34.8 Å². The summed E-state index contributed by atoms with van der Waals surface area (Å²) < 4.78 is 31.1. The van der Waals surface area contributed by atoms with Gasteiger partial charge in [0.2, 0.25) is 11.6 Å². The van der Waals surface area contributed by atoms with Gasteiger partial charge in [0.05, 0.1) is 6.61 Å². The average molecular weight is 532 g/mol. The Morgan fingerprint density at radius 2 is 1.28 bits per heavy atom. The minimum Gasteiger partial charge on any atom is -0.476 e. The second-order valence-electron chi connectivity index (χ2n) is 4.49. The summed E-state index contributed by atoms with van der Waals surface area (Å²) in [5, 5.41) is 8.25. The van der Waals surface area contributed by atoms with Crippen molar-refractivity contribution in [3.8, 4) is 0 Å². The monoisotopic (exact) mass is 532 g/mol. The predicted octanol–water partition coefficient (Wildman–Crippen LogP) is -0.279. The van der Waals surface area contributed by atoms with E-state index in [0.717, 1.165) is 0 Å². The molecule has 2 rings (SSSR count). The highest BCUT2D eigenvalue weighted by atomic mass is 127. The molecule has 2 aromatic rings. The number of carbonyl (C=O) groups is 2. The van der Waals surface area contributed by atoms with Crippen molar-refractivity contribution in [2.45, 2.75) is 13.8 Å². The lowest BCUT2D eigenvalue weighted by atomic mass is 10.4. The van der Waals surface area contributed by atoms with Gasteiger partial charge in [-0.25, -0.2) is 19.2 Å². The Hall–Kier alpha value is -3.11. The van der Waals surface area contributed by atoms with Gasteiger partial charge in [-0.05, 0) is 11.4 Å². The number of aromatic amines is 4. The van der Waals surface area contributed by atoms with Gasteiger partial charge in [0.1, 0.15) is 0 Å². The Morgan fingerprint density at radius 1 is 0.897 bits per heavy atom. The first-order valence-corrected chi connectivity index (χ1v) is 9.03. The van der Waals surface area contributed by atoms with Gasteiger partial charge < -0.3 is 9.84 Å². The summed E-state index contributed by atoms with van der Waals surface area (Å²) in [7, 11) is 0. The molecule has 0 aliphatic rings. The fourth-order valence-electron chi connectivity index (χ4n) is 1.43. The molecule has 2 aromatic heterocycles. The van der Waals surface area contributed by atoms with Crippen molar-refractivity contribution in [3.05, 3.63) is 64.7 Å². The number of aromatic nitrogens is 4. The predicted molar refractivity (Wildman–Crippen MR) is 103 cm³/mol. The van der Waals surface area contributed by atoms with Crippen LogP contribution in [0.5, 0.6) is 0 Å². The van der Waals surface area contributed by atoms with Crippen molar-refractivity contribution in [3.63, 3.8) is 0 Å². The molecule has 29 heavy (non-hydrogen) atoms. The third kappa shape index (κ3) is 8.20. The van der Waals surface area contributed by atoms with Crippen molar-refractivity contribution >= 4 is 34.5 Å². The molecule has 0 atom stereocenters. The zero-order valence-corrected chi connectivity index (χ0v) is 17.0. The van der Waals surface area contributed by atoms with Crippen molar-refractivity contribution in [1.82, 2.24) is 19.9 Å². The molecule has 160 valence electrons. The Balaban J connectivity index is 0.000000481. The molecule has 0 aliphatic heterocycles. The molecule has 0 fully saturated rings. The summed E-state index contributed by atoms with van der Waals surface area (Å²) >= 11 is 2.29. The van der Waals surface area contributed by atoms with Crippen LogP contribution < -0.4 is 22.5 Å². The molecule has 0 unspecified atom stereocenters. The van der Waals surface area contributed by atoms with Crippen molar-refractivity contribution in [2.24, 2.45) is 0 Å². The summed E-state index contributed by atoms with van der Waals surface area (Å²) in [4.78, 5) is 70.0. The number of carboxylic acids is 1. The molecular weight excluding hydrogens is 517 g/mol. The molecule has 0 saturated heterocycles. The number of hydrogen-bond acceptors (Lipinski definition) is 7. The minimum atomic E-state index is -1.70. The van der Waals surface area contributed by atoms with Crippen LogP contribution >= 0.6 is 22.6 Å². The second kappa shape index (κ2) is 12.4. The van der Waals surface area contributed by atoms with E-state index >= 15 is 0 Å². The fourth-order valence-corrected chi connectivity index (χ4v) is 1.43. The maximum Gasteiger partial charge on any atom is 0.358 e. The molecule has 0 saturated carbocycles. The van der Waals surface area contributed by atoms with E-state index in [0.29, 0.717) is 0 Å². The Bertz CT molecular complexity index is 1090. The van der Waals surface area contributed by atoms with Crippen LogP contribution in [0.4, 0.5) is 8.78 Å². The molecule has 12 nitrogen and oxygen atoms in total. The zero-order valence-electron chi connectivity index (χ0n) is 14.9. The van der Waals surface area contributed by atoms with Crippen LogP contribution in [0, 0.1) is 11.6 Å². The van der Waals surface area contributed by atoms with E-state index in [9.17, 15) is 37.5 Å². The highest BCUT2D eigenvalue weighted by molar-refractivity contribution is 14.1. The first-order chi connectivity index (χ1) is 13.5. The van der Waals surface area contributed by atoms with Gasteiger partial charge in [-0.15, -0.1) is 0 Å². The summed E-state index contributed by atoms with van der Waals surface area (Å²) in [6.45, 7) is 3.65. The van der Waals surface area contributed by atoms with E-state index in [1.807, 2.05) is 4.98 Å². The van der Waals surface area contributed by atoms with E-state index in [1.165, 1.54) is 16.3 Å². The zero-order chi connectivity index (χ0) is 22.7. The molecule has 2 heterocycles. The van der Waals surface area contributed by atoms with Crippen molar-refractivity contribution < 1.29 is 28.2 Å². The largest absolute Gasteiger partial charge is 0.476 e. The lowest BCUT2D eigenvalue weighted by molar-refractivity contribution is 0.0511. The minimum absolute atomic E-state index is 0.0209. The third-order valence-corrected chi connectivity index (χ3v) is 2.46. The summed E-state index contributed by atoms with van der Waals surface area (Å²) in [6.07, 6.45) is 0. The highest BCUT2D eigenvalue weighted by Gasteiger charge is 2.17. The molecule has 0 spiro atoms. The molecule has 0 bridgehead atoms. The maximum atomic E-state index is 12.9. The topological polar surface area (TPSA) is 195 Å². The SMILES string of the molecule is CCI.CCOC(=O)c1[nH]c(=O)[nH]c(=O)c1F.O=C(O)c1[nH]c(=O)[nH]c(=O)c1F. The number of esters is 1. The Morgan fingerprint density at radius 3 is 1.66 bits per heavy atom. The summed E-state index contributed by atoms with van der Waals surface area (Å²) in [6, 6.07) is 0. The Labute approximate surface area is 172 Å². The number of carboxylic acid groups (broad SMARTS) is 1. The van der Waals surface area contributed by atoms with Gasteiger partial charge in [-0.3, -0.25) is 29.5 Å². The first-order valence-electron chi connectivity index (χ1n) is 7.50. The van der Waals surface area contributed by atoms with Crippen molar-refractivity contribution in [2.75, 3.05) is 11.0 Å². The molecule has 15 heteroatoms. The lowest BCUT2D eigenvalue weighted by Crippen LogP contribution is -2.29. The second-order valence-corrected chi connectivity index (χ2v) is 6.01. The van der Waals surface area contributed by atoms with Gasteiger partial charge in [0, 0.05) is 0 Å². The summed E-state index contributed by atoms with van der Waals surface area (Å²) in [5.41, 5.74) is -6.42. The van der Waals surface area contributed by atoms with Crippen LogP contribution in [-0.4, -0.2) is 48.0 Å². The molecule has 5 N–H and O–H groups in total. The van der Waals surface area contributed by atoms with Gasteiger partial charge in [0.15, 0.2) is 11.4 Å². The maximum absolute atomic E-state index is 12.9. The average Bonchev–Trinajstić information content (AvgIpc) is 2.62. The summed E-state index contributed by atoms with van der Waals surface area (Å²) in [5.74, 6) is -5.64. The number of alkyl halides is 1. The fraction of sp³-hybridized carbons (Fsp3) is 0.286. The van der Waals surface area contributed by atoms with Crippen LogP contribution in [-0.2, 0) is 4.74 Å². The standard InChI is InChI=1S/C7H7FN2O4.C5H3FN2O4.C2H5I/c1-2-14-6(12)4-3(8)5(11)10-7(13)9-4;6-1-2(4(10)11)7-5(12)8-3(1)9;1-2-3/h2H2,1H3,(H2,9,10,11,13);(H,10,11)(H2,7,8,9,12);2H2,1H3. The number of aromatic carboxylic acids is 1. The van der Waals surface area contributed by atoms with Crippen molar-refractivity contribution in [1.29, 1.82) is 0 Å². The number of hydrogen-bond donors (Lipinski definition) is 5. The molecule has 0 aromatic carbocycles. The van der Waals surface area contributed by atoms with E-state index in [4.69, 9.17) is 5.11 Å². The van der Waals surface area contributed by atoms with Crippen LogP contribution in [0.25, 0.3) is 0 Å². The van der Waals surface area contributed by atoms with Gasteiger partial charge in [-0.1, -0.05) is 29.5 Å². The number of ether oxygens (including phenoxy) is 1. The smallest absolute Gasteiger partial charge is 0.358 e. The highest BCUT2D eigenvalue weighted by Crippen LogP contribution is 1.97. The van der Waals surface area contributed by atoms with Gasteiger partial charge in [0.25, 0.3) is 11.1 Å². The van der Waals surface area contributed by atoms with E-state index in [2.05, 4.69) is 34.3 Å². The van der Waals surface area contributed by atoms with Crippen LogP contribution in [0.2, 0.25) is 0 Å². The molecule has 0 amide bonds. The lowest BCUT2D eigenvalue weighted by Gasteiger charge is -2.00. The van der Waals surface area contributed by atoms with E-state index < -0.39 is 57.5 Å². The normalized spacial score (nSPS) is 9.41. The van der Waals surface area contributed by atoms with Crippen LogP contribution in [0.3, 0.4) is 0 Å². The van der Waals surface area contributed by atoms with Crippen LogP contribution in [0.15, 0.2) is 19.2 Å².